The molecule has 0 atom stereocenters. The Morgan fingerprint density at radius 1 is 1.15 bits per heavy atom. The number of rotatable bonds is 10. The van der Waals surface area contributed by atoms with Crippen molar-refractivity contribution in [1.29, 1.82) is 0 Å². The monoisotopic (exact) mass is 586 g/mol. The normalized spacial score (nSPS) is 13.1. The number of carbonyl (C=O) groups excluding carboxylic acids is 2. The number of thiophene rings is 1. The van der Waals surface area contributed by atoms with Crippen molar-refractivity contribution in [3.05, 3.63) is 52.2 Å². The Kier molecular flexibility index (Phi) is 8.64. The van der Waals surface area contributed by atoms with Crippen molar-refractivity contribution in [2.24, 2.45) is 5.92 Å². The number of hydrogen-bond donors (Lipinski definition) is 5. The van der Waals surface area contributed by atoms with E-state index in [9.17, 15) is 35.1 Å². The topological polar surface area (TPSA) is 169 Å². The van der Waals surface area contributed by atoms with E-state index in [0.29, 0.717) is 40.1 Å². The van der Waals surface area contributed by atoms with Gasteiger partial charge >= 0.3 is 6.10 Å². The van der Waals surface area contributed by atoms with Crippen LogP contribution in [0.2, 0.25) is 0 Å². The summed E-state index contributed by atoms with van der Waals surface area (Å²) in [7, 11) is 2.58. The van der Waals surface area contributed by atoms with Gasteiger partial charge in [-0.15, -0.1) is 11.3 Å². The summed E-state index contributed by atoms with van der Waals surface area (Å²) in [6.07, 6.45) is -1.92. The first-order valence-electron chi connectivity index (χ1n) is 13.2. The summed E-state index contributed by atoms with van der Waals surface area (Å²) in [5.74, 6) is -2.72. The van der Waals surface area contributed by atoms with E-state index in [1.165, 1.54) is 11.3 Å². The van der Waals surface area contributed by atoms with E-state index in [0.717, 1.165) is 48.6 Å². The van der Waals surface area contributed by atoms with Crippen LogP contribution >= 0.6 is 11.3 Å². The predicted octanol–water partition coefficient (Wildman–Crippen LogP) is 0.0144. The van der Waals surface area contributed by atoms with E-state index >= 15 is 0 Å². The van der Waals surface area contributed by atoms with Gasteiger partial charge in [0.25, 0.3) is 5.91 Å². The molecule has 0 spiro atoms. The van der Waals surface area contributed by atoms with Crippen molar-refractivity contribution in [3.63, 3.8) is 0 Å². The molecule has 3 heterocycles. The SMILES string of the molecule is BC(O)(O)N(CCN(C(=O)c1nc(-c2cccs2)n2c1CCc1cc(OC)c(CC(C)C)cc1-2)C(O)(O)O)C(C)=O. The molecule has 0 unspecified atom stereocenters. The van der Waals surface area contributed by atoms with E-state index in [4.69, 9.17) is 4.74 Å². The molecule has 2 amide bonds. The maximum atomic E-state index is 13.8. The number of hydrogen-bond acceptors (Lipinski definition) is 10. The number of ether oxygens (including phenoxy) is 1. The Bertz CT molecular complexity index is 1430. The second-order valence-corrected chi connectivity index (χ2v) is 11.6. The highest BCUT2D eigenvalue weighted by Crippen LogP contribution is 2.38. The number of carbonyl (C=O) groups is 2. The quantitative estimate of drug-likeness (QED) is 0.162. The summed E-state index contributed by atoms with van der Waals surface area (Å²) in [6, 6.07) is 7.75. The molecule has 0 bridgehead atoms. The van der Waals surface area contributed by atoms with Gasteiger partial charge in [-0.2, -0.15) is 0 Å². The third-order valence-electron chi connectivity index (χ3n) is 6.94. The van der Waals surface area contributed by atoms with Gasteiger partial charge < -0.3 is 30.3 Å². The first-order valence-corrected chi connectivity index (χ1v) is 14.1. The predicted molar refractivity (Wildman–Crippen MR) is 153 cm³/mol. The lowest BCUT2D eigenvalue weighted by Crippen LogP contribution is -2.58. The minimum atomic E-state index is -3.62. The Morgan fingerprint density at radius 3 is 2.37 bits per heavy atom. The number of fused-ring (bicyclic) bond motifs is 3. The van der Waals surface area contributed by atoms with Crippen LogP contribution in [-0.2, 0) is 24.1 Å². The van der Waals surface area contributed by atoms with Crippen molar-refractivity contribution in [2.45, 2.75) is 51.9 Å². The second kappa shape index (κ2) is 11.5. The molecular formula is C27H35BN4O8S. The lowest BCUT2D eigenvalue weighted by Gasteiger charge is -2.36. The van der Waals surface area contributed by atoms with E-state index in [1.54, 1.807) is 7.11 Å². The minimum absolute atomic E-state index is 0.105. The van der Waals surface area contributed by atoms with Crippen molar-refractivity contribution in [2.75, 3.05) is 20.2 Å². The largest absolute Gasteiger partial charge is 0.496 e. The number of benzene rings is 1. The van der Waals surface area contributed by atoms with E-state index in [2.05, 4.69) is 18.8 Å². The van der Waals surface area contributed by atoms with Crippen LogP contribution in [-0.4, -0.2) is 96.7 Å². The fourth-order valence-electron chi connectivity index (χ4n) is 5.17. The molecule has 1 aromatic carbocycles. The molecule has 0 fully saturated rings. The van der Waals surface area contributed by atoms with Crippen molar-refractivity contribution in [3.8, 4) is 22.1 Å². The maximum absolute atomic E-state index is 13.8. The molecule has 0 saturated heterocycles. The highest BCUT2D eigenvalue weighted by Gasteiger charge is 2.40. The van der Waals surface area contributed by atoms with Gasteiger partial charge in [-0.3, -0.25) is 24.0 Å². The van der Waals surface area contributed by atoms with Crippen molar-refractivity contribution < 1.29 is 39.9 Å². The molecule has 0 saturated carbocycles. The van der Waals surface area contributed by atoms with Crippen LogP contribution in [0.4, 0.5) is 0 Å². The summed E-state index contributed by atoms with van der Waals surface area (Å²) >= 11 is 1.42. The molecule has 41 heavy (non-hydrogen) atoms. The van der Waals surface area contributed by atoms with E-state index in [1.807, 2.05) is 34.2 Å². The van der Waals surface area contributed by atoms with Crippen LogP contribution in [0.15, 0.2) is 29.6 Å². The summed E-state index contributed by atoms with van der Waals surface area (Å²) in [4.78, 5) is 32.2. The molecule has 2 aromatic heterocycles. The smallest absolute Gasteiger partial charge is 0.372 e. The standard InChI is InChI=1S/C27H35BN4O8S/c1-15(2)12-18-13-20-17(14-21(18)40-4)7-8-19-23(29-24(32(19)20)22-6-5-11-41-22)25(34)31(27(37,38)39)10-9-30(16(3)33)26(28,35)36/h5-6,11,13-15,35-39H,7-10,12,28H2,1-4H3. The fraction of sp³-hybridized carbons (Fsp3) is 0.444. The number of aromatic nitrogens is 2. The van der Waals surface area contributed by atoms with Crippen molar-refractivity contribution in [1.82, 2.24) is 19.4 Å². The van der Waals surface area contributed by atoms with Crippen LogP contribution in [0.5, 0.6) is 5.75 Å². The van der Waals surface area contributed by atoms with Crippen LogP contribution in [0.3, 0.4) is 0 Å². The van der Waals surface area contributed by atoms with Gasteiger partial charge in [-0.25, -0.2) is 4.98 Å². The van der Waals surface area contributed by atoms with Crippen LogP contribution in [0, 0.1) is 5.92 Å². The van der Waals surface area contributed by atoms with Crippen LogP contribution in [0.25, 0.3) is 16.4 Å². The van der Waals surface area contributed by atoms with Gasteiger partial charge in [0.1, 0.15) is 5.75 Å². The Labute approximate surface area is 242 Å². The molecule has 3 aromatic rings. The summed E-state index contributed by atoms with van der Waals surface area (Å²) in [5, 5.41) is 52.2. The van der Waals surface area contributed by atoms with Crippen LogP contribution in [0.1, 0.15) is 48.1 Å². The number of aliphatic hydroxyl groups is 5. The van der Waals surface area contributed by atoms with Crippen LogP contribution < -0.4 is 4.74 Å². The van der Waals surface area contributed by atoms with Crippen molar-refractivity contribution >= 4 is 31.0 Å². The number of imidazole rings is 1. The zero-order chi connectivity index (χ0) is 30.3. The Morgan fingerprint density at radius 2 is 1.83 bits per heavy atom. The molecule has 1 aliphatic heterocycles. The lowest BCUT2D eigenvalue weighted by molar-refractivity contribution is -0.378. The molecule has 14 heteroatoms. The molecule has 4 rings (SSSR count). The average molecular weight is 586 g/mol. The minimum Gasteiger partial charge on any atom is -0.496 e. The van der Waals surface area contributed by atoms with E-state index in [-0.39, 0.29) is 5.69 Å². The van der Waals surface area contributed by atoms with Gasteiger partial charge in [0.2, 0.25) is 13.8 Å². The first-order chi connectivity index (χ1) is 19.1. The molecule has 5 N–H and O–H groups in total. The lowest BCUT2D eigenvalue weighted by atomic mass is 9.94. The number of nitrogens with zero attached hydrogens (tertiary/aromatic N) is 4. The van der Waals surface area contributed by atoms with E-state index < -0.39 is 36.8 Å². The number of amides is 2. The molecule has 0 radical (unpaired) electrons. The third-order valence-corrected chi connectivity index (χ3v) is 7.81. The summed E-state index contributed by atoms with van der Waals surface area (Å²) in [6.45, 7) is 4.13. The highest BCUT2D eigenvalue weighted by molar-refractivity contribution is 7.13. The third kappa shape index (κ3) is 6.32. The zero-order valence-electron chi connectivity index (χ0n) is 23.7. The average Bonchev–Trinajstić information content (AvgIpc) is 3.52. The number of methoxy groups -OCH3 is 1. The van der Waals surface area contributed by atoms with Gasteiger partial charge in [-0.05, 0) is 59.9 Å². The van der Waals surface area contributed by atoms with Gasteiger partial charge in [0.15, 0.2) is 17.3 Å². The first kappa shape index (κ1) is 30.7. The Hall–Kier alpha value is -3.27. The van der Waals surface area contributed by atoms with Gasteiger partial charge in [0.05, 0.1) is 23.4 Å². The zero-order valence-corrected chi connectivity index (χ0v) is 24.5. The van der Waals surface area contributed by atoms with Gasteiger partial charge in [-0.1, -0.05) is 19.9 Å². The number of aryl methyl sites for hydroxylation is 1. The maximum Gasteiger partial charge on any atom is 0.372 e. The summed E-state index contributed by atoms with van der Waals surface area (Å²) < 4.78 is 7.55. The highest BCUT2D eigenvalue weighted by atomic mass is 32.1. The fourth-order valence-corrected chi connectivity index (χ4v) is 5.88. The molecule has 0 aliphatic carbocycles. The molecular weight excluding hydrogens is 551 g/mol. The summed E-state index contributed by atoms with van der Waals surface area (Å²) in [5.41, 5.74) is 3.22. The Balaban J connectivity index is 1.84. The molecule has 220 valence electrons. The second-order valence-electron chi connectivity index (χ2n) is 10.6. The van der Waals surface area contributed by atoms with Gasteiger partial charge in [0, 0.05) is 20.0 Å². The molecule has 1 aliphatic rings. The molecule has 12 nitrogen and oxygen atoms in total.